The van der Waals surface area contributed by atoms with Crippen molar-refractivity contribution in [2.45, 2.75) is 31.3 Å². The molecule has 11 heteroatoms. The number of nitrogens with one attached hydrogen (secondary N) is 2. The van der Waals surface area contributed by atoms with Crippen LogP contribution >= 0.6 is 11.6 Å². The Morgan fingerprint density at radius 1 is 1.06 bits per heavy atom. The second kappa shape index (κ2) is 7.89. The summed E-state index contributed by atoms with van der Waals surface area (Å²) in [6, 6.07) is 8.43. The number of hydrogen-bond donors (Lipinski definition) is 4. The Balaban J connectivity index is 1.63. The molecule has 0 radical (unpaired) electrons. The Morgan fingerprint density at radius 2 is 1.74 bits per heavy atom. The predicted octanol–water partition coefficient (Wildman–Crippen LogP) is 0.938. The topological polar surface area (TPSA) is 165 Å². The maximum Gasteiger partial charge on any atom is 0.250 e. The van der Waals surface area contributed by atoms with E-state index in [0.29, 0.717) is 21.8 Å². The molecule has 2 aromatic carbocycles. The number of rotatable bonds is 5. The Morgan fingerprint density at radius 3 is 2.37 bits per heavy atom. The fourth-order valence-corrected chi connectivity index (χ4v) is 5.72. The summed E-state index contributed by atoms with van der Waals surface area (Å²) in [5.41, 5.74) is 11.3. The zero-order valence-corrected chi connectivity index (χ0v) is 19.4. The first kappa shape index (κ1) is 23.0. The molecule has 3 heterocycles. The number of hydrogen-bond acceptors (Lipinski definition) is 6. The highest BCUT2D eigenvalue weighted by atomic mass is 35.5. The SMILES string of the molecule is Cc1c(Cl)ccc2c1NC(=O)[C@]21N[C@@H](CCC(N)=O)[C@H]2C(=O)N(c3ccc(C(N)=O)cc3)C(=O)[C@H]21. The van der Waals surface area contributed by atoms with E-state index in [1.807, 2.05) is 0 Å². The highest BCUT2D eigenvalue weighted by molar-refractivity contribution is 6.32. The molecule has 1 spiro atoms. The molecule has 3 aliphatic rings. The highest BCUT2D eigenvalue weighted by Crippen LogP contribution is 2.55. The van der Waals surface area contributed by atoms with E-state index in [1.165, 1.54) is 24.3 Å². The lowest BCUT2D eigenvalue weighted by atomic mass is 9.76. The first-order valence-electron chi connectivity index (χ1n) is 11.0. The Labute approximate surface area is 205 Å². The van der Waals surface area contributed by atoms with Gasteiger partial charge in [0.1, 0.15) is 5.54 Å². The van der Waals surface area contributed by atoms with Gasteiger partial charge < -0.3 is 16.8 Å². The highest BCUT2D eigenvalue weighted by Gasteiger charge is 2.70. The number of amides is 5. The number of nitrogens with two attached hydrogens (primary N) is 2. The van der Waals surface area contributed by atoms with Crippen molar-refractivity contribution in [2.75, 3.05) is 10.2 Å². The van der Waals surface area contributed by atoms with Crippen molar-refractivity contribution in [3.63, 3.8) is 0 Å². The molecule has 35 heavy (non-hydrogen) atoms. The van der Waals surface area contributed by atoms with Gasteiger partial charge >= 0.3 is 0 Å². The third-order valence-corrected chi connectivity index (χ3v) is 7.61. The number of fused-ring (bicyclic) bond motifs is 4. The molecule has 3 aliphatic heterocycles. The molecule has 0 aromatic heterocycles. The molecule has 0 bridgehead atoms. The Bertz CT molecular complexity index is 1330. The number of carbonyl (C=O) groups excluding carboxylic acids is 5. The molecule has 0 unspecified atom stereocenters. The van der Waals surface area contributed by atoms with E-state index in [9.17, 15) is 24.0 Å². The molecule has 2 aromatic rings. The van der Waals surface area contributed by atoms with Gasteiger partial charge in [-0.2, -0.15) is 0 Å². The lowest BCUT2D eigenvalue weighted by molar-refractivity contribution is -0.130. The zero-order valence-electron chi connectivity index (χ0n) is 18.6. The normalized spacial score (nSPS) is 26.7. The van der Waals surface area contributed by atoms with Crippen LogP contribution in [0.3, 0.4) is 0 Å². The van der Waals surface area contributed by atoms with E-state index in [4.69, 9.17) is 23.1 Å². The number of benzene rings is 2. The van der Waals surface area contributed by atoms with Crippen LogP contribution in [0.15, 0.2) is 36.4 Å². The minimum Gasteiger partial charge on any atom is -0.370 e. The van der Waals surface area contributed by atoms with Gasteiger partial charge in [-0.25, -0.2) is 4.90 Å². The summed E-state index contributed by atoms with van der Waals surface area (Å²) >= 11 is 6.26. The molecular formula is C24H22ClN5O5. The number of nitrogens with zero attached hydrogens (tertiary/aromatic N) is 1. The third-order valence-electron chi connectivity index (χ3n) is 7.20. The minimum atomic E-state index is -1.52. The summed E-state index contributed by atoms with van der Waals surface area (Å²) in [4.78, 5) is 65.0. The van der Waals surface area contributed by atoms with Crippen molar-refractivity contribution in [1.29, 1.82) is 0 Å². The average molecular weight is 496 g/mol. The van der Waals surface area contributed by atoms with E-state index in [2.05, 4.69) is 10.6 Å². The van der Waals surface area contributed by atoms with Crippen LogP contribution in [0.5, 0.6) is 0 Å². The van der Waals surface area contributed by atoms with Crippen LogP contribution in [0.4, 0.5) is 11.4 Å². The van der Waals surface area contributed by atoms with Gasteiger partial charge in [0.15, 0.2) is 0 Å². The number of halogens is 1. The molecule has 4 atom stereocenters. The van der Waals surface area contributed by atoms with E-state index in [-0.39, 0.29) is 24.1 Å². The number of carbonyl (C=O) groups is 5. The quantitative estimate of drug-likeness (QED) is 0.450. The Kier molecular flexibility index (Phi) is 5.19. The van der Waals surface area contributed by atoms with E-state index in [0.717, 1.165) is 4.90 Å². The number of imide groups is 1. The number of anilines is 2. The van der Waals surface area contributed by atoms with Gasteiger partial charge in [-0.3, -0.25) is 29.3 Å². The van der Waals surface area contributed by atoms with E-state index < -0.39 is 53.0 Å². The van der Waals surface area contributed by atoms with Gasteiger partial charge in [-0.05, 0) is 49.2 Å². The first-order chi connectivity index (χ1) is 16.6. The molecule has 180 valence electrons. The van der Waals surface area contributed by atoms with Gasteiger partial charge in [0, 0.05) is 28.6 Å². The minimum absolute atomic E-state index is 0.0279. The lowest BCUT2D eigenvalue weighted by Gasteiger charge is -2.29. The second-order valence-electron chi connectivity index (χ2n) is 9.04. The van der Waals surface area contributed by atoms with Crippen LogP contribution in [0.25, 0.3) is 0 Å². The molecule has 6 N–H and O–H groups in total. The predicted molar refractivity (Wildman–Crippen MR) is 126 cm³/mol. The van der Waals surface area contributed by atoms with E-state index in [1.54, 1.807) is 19.1 Å². The molecule has 0 saturated carbocycles. The molecular weight excluding hydrogens is 474 g/mol. The van der Waals surface area contributed by atoms with E-state index >= 15 is 0 Å². The molecule has 5 amide bonds. The largest absolute Gasteiger partial charge is 0.370 e. The maximum absolute atomic E-state index is 13.8. The summed E-state index contributed by atoms with van der Waals surface area (Å²) < 4.78 is 0. The van der Waals surface area contributed by atoms with Crippen LogP contribution < -0.4 is 27.0 Å². The molecule has 2 saturated heterocycles. The summed E-state index contributed by atoms with van der Waals surface area (Å²) in [7, 11) is 0. The van der Waals surface area contributed by atoms with Crippen molar-refractivity contribution in [2.24, 2.45) is 23.3 Å². The van der Waals surface area contributed by atoms with Crippen molar-refractivity contribution in [3.05, 3.63) is 58.1 Å². The smallest absolute Gasteiger partial charge is 0.250 e. The monoisotopic (exact) mass is 495 g/mol. The summed E-state index contributed by atoms with van der Waals surface area (Å²) in [5, 5.41) is 6.53. The summed E-state index contributed by atoms with van der Waals surface area (Å²) in [6.45, 7) is 1.76. The third kappa shape index (κ3) is 3.17. The van der Waals surface area contributed by atoms with Crippen molar-refractivity contribution in [3.8, 4) is 0 Å². The fourth-order valence-electron chi connectivity index (χ4n) is 5.57. The van der Waals surface area contributed by atoms with Gasteiger partial charge in [0.25, 0.3) is 0 Å². The van der Waals surface area contributed by atoms with Crippen LogP contribution in [0.1, 0.15) is 34.3 Å². The molecule has 5 rings (SSSR count). The van der Waals surface area contributed by atoms with Gasteiger partial charge in [0.05, 0.1) is 23.2 Å². The Hall–Kier alpha value is -3.76. The maximum atomic E-state index is 13.8. The van der Waals surface area contributed by atoms with Crippen molar-refractivity contribution >= 4 is 52.5 Å². The zero-order chi connectivity index (χ0) is 25.2. The van der Waals surface area contributed by atoms with Gasteiger partial charge in [-0.15, -0.1) is 0 Å². The lowest BCUT2D eigenvalue weighted by Crippen LogP contribution is -2.53. The summed E-state index contributed by atoms with van der Waals surface area (Å²) in [6.07, 6.45) is 0.140. The molecule has 0 aliphatic carbocycles. The summed E-state index contributed by atoms with van der Waals surface area (Å²) in [5.74, 6) is -4.71. The molecule has 2 fully saturated rings. The van der Waals surface area contributed by atoms with Crippen LogP contribution in [0.2, 0.25) is 5.02 Å². The molecule has 10 nitrogen and oxygen atoms in total. The number of primary amides is 2. The van der Waals surface area contributed by atoms with Crippen LogP contribution in [-0.4, -0.2) is 35.6 Å². The van der Waals surface area contributed by atoms with Crippen LogP contribution in [-0.2, 0) is 24.7 Å². The van der Waals surface area contributed by atoms with Crippen LogP contribution in [0, 0.1) is 18.8 Å². The van der Waals surface area contributed by atoms with Gasteiger partial charge in [-0.1, -0.05) is 17.7 Å². The fraction of sp³-hybridized carbons (Fsp3) is 0.292. The van der Waals surface area contributed by atoms with Gasteiger partial charge in [0.2, 0.25) is 29.5 Å². The second-order valence-corrected chi connectivity index (χ2v) is 9.45. The average Bonchev–Trinajstić information content (AvgIpc) is 3.40. The standard InChI is InChI=1S/C24H22ClN5O5/c1-10-14(25)7-6-13-19(10)28-23(35)24(13)18-17(15(29-24)8-9-16(26)31)21(33)30(22(18)34)12-4-2-11(3-5-12)20(27)32/h2-7,15,17-18,29H,8-9H2,1H3,(H2,26,31)(H2,27,32)(H,28,35)/t15-,17+,18-,24-/m0/s1. The first-order valence-corrected chi connectivity index (χ1v) is 11.4. The van der Waals surface area contributed by atoms with Crippen molar-refractivity contribution in [1.82, 2.24) is 5.32 Å². The van der Waals surface area contributed by atoms with Crippen molar-refractivity contribution < 1.29 is 24.0 Å².